The predicted octanol–water partition coefficient (Wildman–Crippen LogP) is 3.08. The van der Waals surface area contributed by atoms with Crippen molar-refractivity contribution < 1.29 is 4.79 Å². The van der Waals surface area contributed by atoms with Crippen molar-refractivity contribution in [3.63, 3.8) is 0 Å². The molecule has 0 radical (unpaired) electrons. The van der Waals surface area contributed by atoms with Gasteiger partial charge in [0.1, 0.15) is 0 Å². The van der Waals surface area contributed by atoms with Crippen molar-refractivity contribution in [2.24, 2.45) is 0 Å². The molecule has 6 heteroatoms. The molecule has 0 spiro atoms. The Bertz CT molecular complexity index is 380. The zero-order chi connectivity index (χ0) is 12.1. The fraction of sp³-hybridized carbons (Fsp3) is 0.583. The molecule has 1 atom stereocenters. The van der Waals surface area contributed by atoms with Gasteiger partial charge in [0.2, 0.25) is 5.91 Å². The average molecular weight is 354 g/mol. The van der Waals surface area contributed by atoms with E-state index < -0.39 is 0 Å². The van der Waals surface area contributed by atoms with E-state index >= 15 is 0 Å². The minimum Gasteiger partial charge on any atom is -0.351 e. The van der Waals surface area contributed by atoms with Crippen LogP contribution in [0.4, 0.5) is 0 Å². The maximum Gasteiger partial charge on any atom is 0.220 e. The van der Waals surface area contributed by atoms with Gasteiger partial charge in [-0.2, -0.15) is 0 Å². The number of carbonyl (C=O) groups excluding carboxylic acids is 1. The highest BCUT2D eigenvalue weighted by atomic mass is 79.9. The monoisotopic (exact) mass is 352 g/mol. The minimum atomic E-state index is 0. The van der Waals surface area contributed by atoms with Gasteiger partial charge in [-0.3, -0.25) is 4.79 Å². The first kappa shape index (κ1) is 16.0. The highest BCUT2D eigenvalue weighted by molar-refractivity contribution is 9.10. The largest absolute Gasteiger partial charge is 0.351 e. The van der Waals surface area contributed by atoms with Gasteiger partial charge in [0, 0.05) is 21.8 Å². The third-order valence-corrected chi connectivity index (χ3v) is 4.95. The Labute approximate surface area is 126 Å². The van der Waals surface area contributed by atoms with Crippen molar-refractivity contribution in [2.75, 3.05) is 6.54 Å². The third kappa shape index (κ3) is 4.88. The maximum atomic E-state index is 11.7. The Hall–Kier alpha value is -0.100. The van der Waals surface area contributed by atoms with Crippen molar-refractivity contribution in [3.8, 4) is 0 Å². The lowest BCUT2D eigenvalue weighted by Crippen LogP contribution is -2.27. The van der Waals surface area contributed by atoms with Crippen molar-refractivity contribution in [3.05, 3.63) is 20.8 Å². The first-order valence-corrected chi connectivity index (χ1v) is 7.65. The molecule has 1 aromatic heterocycles. The molecule has 1 aliphatic heterocycles. The molecule has 102 valence electrons. The summed E-state index contributed by atoms with van der Waals surface area (Å²) in [5, 5.41) is 8.39. The van der Waals surface area contributed by atoms with Gasteiger partial charge in [0.15, 0.2) is 0 Å². The predicted molar refractivity (Wildman–Crippen MR) is 81.4 cm³/mol. The van der Waals surface area contributed by atoms with Crippen LogP contribution in [0.3, 0.4) is 0 Å². The Morgan fingerprint density at radius 2 is 2.44 bits per heavy atom. The van der Waals surface area contributed by atoms with Crippen molar-refractivity contribution in [2.45, 2.75) is 38.3 Å². The Kier molecular flexibility index (Phi) is 7.22. The van der Waals surface area contributed by atoms with Gasteiger partial charge in [-0.05, 0) is 53.2 Å². The minimum absolute atomic E-state index is 0. The maximum absolute atomic E-state index is 11.7. The number of nitrogens with one attached hydrogen (secondary N) is 2. The van der Waals surface area contributed by atoms with E-state index in [1.54, 1.807) is 11.3 Å². The molecule has 1 aliphatic rings. The van der Waals surface area contributed by atoms with E-state index in [1.807, 2.05) is 11.4 Å². The van der Waals surface area contributed by atoms with Crippen LogP contribution < -0.4 is 10.6 Å². The van der Waals surface area contributed by atoms with Gasteiger partial charge in [-0.15, -0.1) is 23.7 Å². The molecule has 1 unspecified atom stereocenters. The van der Waals surface area contributed by atoms with Crippen LogP contribution in [-0.2, 0) is 11.3 Å². The van der Waals surface area contributed by atoms with E-state index in [9.17, 15) is 4.79 Å². The van der Waals surface area contributed by atoms with Crippen molar-refractivity contribution in [1.82, 2.24) is 10.6 Å². The van der Waals surface area contributed by atoms with Crippen LogP contribution in [0.2, 0.25) is 0 Å². The highest BCUT2D eigenvalue weighted by Gasteiger charge is 2.15. The quantitative estimate of drug-likeness (QED) is 0.854. The van der Waals surface area contributed by atoms with E-state index in [4.69, 9.17) is 0 Å². The van der Waals surface area contributed by atoms with E-state index in [1.165, 1.54) is 17.7 Å². The fourth-order valence-corrected chi connectivity index (χ4v) is 3.46. The molecule has 0 saturated carbocycles. The molecular formula is C12H18BrClN2OS. The summed E-state index contributed by atoms with van der Waals surface area (Å²) in [4.78, 5) is 12.8. The molecule has 1 aromatic rings. The number of halogens is 2. The molecule has 18 heavy (non-hydrogen) atoms. The van der Waals surface area contributed by atoms with Crippen LogP contribution >= 0.6 is 39.7 Å². The summed E-state index contributed by atoms with van der Waals surface area (Å²) in [6.45, 7) is 1.74. The van der Waals surface area contributed by atoms with Crippen LogP contribution in [0.5, 0.6) is 0 Å². The van der Waals surface area contributed by atoms with Gasteiger partial charge in [0.05, 0.1) is 6.54 Å². The lowest BCUT2D eigenvalue weighted by molar-refractivity contribution is -0.121. The second-order valence-corrected chi connectivity index (χ2v) is 6.16. The van der Waals surface area contributed by atoms with Crippen LogP contribution in [0.25, 0.3) is 0 Å². The Balaban J connectivity index is 0.00000162. The van der Waals surface area contributed by atoms with Crippen LogP contribution in [0.15, 0.2) is 15.9 Å². The van der Waals surface area contributed by atoms with E-state index in [2.05, 4.69) is 26.6 Å². The Morgan fingerprint density at radius 1 is 1.61 bits per heavy atom. The average Bonchev–Trinajstić information content (AvgIpc) is 2.95. The van der Waals surface area contributed by atoms with E-state index in [0.717, 1.165) is 17.4 Å². The van der Waals surface area contributed by atoms with Gasteiger partial charge in [-0.25, -0.2) is 0 Å². The first-order valence-electron chi connectivity index (χ1n) is 5.97. The smallest absolute Gasteiger partial charge is 0.220 e. The van der Waals surface area contributed by atoms with Gasteiger partial charge in [0.25, 0.3) is 0 Å². The van der Waals surface area contributed by atoms with Crippen molar-refractivity contribution in [1.29, 1.82) is 0 Å². The highest BCUT2D eigenvalue weighted by Crippen LogP contribution is 2.22. The third-order valence-electron chi connectivity index (χ3n) is 3.02. The molecule has 2 heterocycles. The zero-order valence-corrected chi connectivity index (χ0v) is 13.3. The van der Waals surface area contributed by atoms with Gasteiger partial charge >= 0.3 is 0 Å². The number of amides is 1. The molecule has 3 nitrogen and oxygen atoms in total. The molecule has 1 amide bonds. The summed E-state index contributed by atoms with van der Waals surface area (Å²) < 4.78 is 1.08. The summed E-state index contributed by atoms with van der Waals surface area (Å²) in [5.74, 6) is 0.152. The normalized spacial score (nSPS) is 18.4. The molecule has 0 aliphatic carbocycles. The van der Waals surface area contributed by atoms with Gasteiger partial charge < -0.3 is 10.6 Å². The molecule has 1 saturated heterocycles. The standard InChI is InChI=1S/C12H17BrN2OS.ClH/c13-10-5-7-17-11(10)8-15-12(16)4-3-9-2-1-6-14-9;/h5,7,9,14H,1-4,6,8H2,(H,15,16);1H. The number of hydrogen-bond donors (Lipinski definition) is 2. The second-order valence-electron chi connectivity index (χ2n) is 4.30. The second kappa shape index (κ2) is 8.15. The summed E-state index contributed by atoms with van der Waals surface area (Å²) in [7, 11) is 0. The zero-order valence-electron chi connectivity index (χ0n) is 10.1. The van der Waals surface area contributed by atoms with Crippen LogP contribution in [0, 0.1) is 0 Å². The fourth-order valence-electron chi connectivity index (χ4n) is 2.03. The lowest BCUT2D eigenvalue weighted by atomic mass is 10.1. The van der Waals surface area contributed by atoms with E-state index in [0.29, 0.717) is 19.0 Å². The van der Waals surface area contributed by atoms with Crippen LogP contribution in [0.1, 0.15) is 30.6 Å². The summed E-state index contributed by atoms with van der Waals surface area (Å²) in [6.07, 6.45) is 4.04. The molecule has 2 N–H and O–H groups in total. The topological polar surface area (TPSA) is 41.1 Å². The summed E-state index contributed by atoms with van der Waals surface area (Å²) in [6, 6.07) is 2.56. The summed E-state index contributed by atoms with van der Waals surface area (Å²) >= 11 is 5.12. The molecule has 1 fully saturated rings. The molecule has 2 rings (SSSR count). The first-order chi connectivity index (χ1) is 8.25. The molecule has 0 aromatic carbocycles. The van der Waals surface area contributed by atoms with Crippen LogP contribution in [-0.4, -0.2) is 18.5 Å². The number of carbonyl (C=O) groups is 1. The molecular weight excluding hydrogens is 336 g/mol. The van der Waals surface area contributed by atoms with Crippen molar-refractivity contribution >= 4 is 45.6 Å². The molecule has 0 bridgehead atoms. The van der Waals surface area contributed by atoms with E-state index in [-0.39, 0.29) is 18.3 Å². The number of rotatable bonds is 5. The SMILES string of the molecule is Cl.O=C(CCC1CCCN1)NCc1sccc1Br. The number of thiophene rings is 1. The summed E-state index contributed by atoms with van der Waals surface area (Å²) in [5.41, 5.74) is 0. The number of hydrogen-bond acceptors (Lipinski definition) is 3. The Morgan fingerprint density at radius 3 is 3.06 bits per heavy atom. The van der Waals surface area contributed by atoms with Gasteiger partial charge in [-0.1, -0.05) is 0 Å². The lowest BCUT2D eigenvalue weighted by Gasteiger charge is -2.09.